The second-order valence-electron chi connectivity index (χ2n) is 8.74. The maximum absolute atomic E-state index is 14.5. The highest BCUT2D eigenvalue weighted by Gasteiger charge is 2.33. The Labute approximate surface area is 218 Å². The first kappa shape index (κ1) is 29.1. The number of halogens is 4. The summed E-state index contributed by atoms with van der Waals surface area (Å²) in [4.78, 5) is 16.7. The zero-order valence-corrected chi connectivity index (χ0v) is 21.9. The van der Waals surface area contributed by atoms with Crippen molar-refractivity contribution in [1.29, 1.82) is 0 Å². The summed E-state index contributed by atoms with van der Waals surface area (Å²) in [7, 11) is -2.10. The van der Waals surface area contributed by atoms with Crippen molar-refractivity contribution in [2.75, 3.05) is 13.4 Å². The van der Waals surface area contributed by atoms with Gasteiger partial charge in [0, 0.05) is 24.2 Å². The van der Waals surface area contributed by atoms with Crippen molar-refractivity contribution in [3.05, 3.63) is 82.3 Å². The largest absolute Gasteiger partial charge is 0.496 e. The Balaban J connectivity index is 1.85. The topological polar surface area (TPSA) is 97.4 Å². The Hall–Kier alpha value is -3.51. The fourth-order valence-corrected chi connectivity index (χ4v) is 4.22. The molecule has 0 bridgehead atoms. The number of benzene rings is 2. The van der Waals surface area contributed by atoms with Crippen LogP contribution < -0.4 is 14.8 Å². The SMILES string of the molecule is COc1c(C)cccc1-c1nc(C(F)(F)F)ccc1CNC(=O)C(C)c1ccc(CNS(C)(=O)=O)c(F)c1. The Bertz CT molecular complexity index is 1440. The van der Waals surface area contributed by atoms with Crippen molar-refractivity contribution in [3.63, 3.8) is 0 Å². The van der Waals surface area contributed by atoms with Crippen LogP contribution in [-0.2, 0) is 34.1 Å². The number of rotatable bonds is 9. The number of carbonyl (C=O) groups is 1. The number of amides is 1. The van der Waals surface area contributed by atoms with Gasteiger partial charge in [0.2, 0.25) is 15.9 Å². The molecule has 1 heterocycles. The van der Waals surface area contributed by atoms with E-state index in [1.807, 2.05) is 0 Å². The van der Waals surface area contributed by atoms with Crippen LogP contribution in [0.25, 0.3) is 11.3 Å². The van der Waals surface area contributed by atoms with Crippen LogP contribution in [0.5, 0.6) is 5.75 Å². The number of sulfonamides is 1. The van der Waals surface area contributed by atoms with Gasteiger partial charge >= 0.3 is 6.18 Å². The van der Waals surface area contributed by atoms with Crippen molar-refractivity contribution in [3.8, 4) is 17.0 Å². The number of aryl methyl sites for hydroxylation is 1. The summed E-state index contributed by atoms with van der Waals surface area (Å²) < 4.78 is 84.9. The van der Waals surface area contributed by atoms with Crippen LogP contribution in [0.2, 0.25) is 0 Å². The highest BCUT2D eigenvalue weighted by Crippen LogP contribution is 2.36. The molecule has 12 heteroatoms. The normalized spacial score (nSPS) is 12.7. The van der Waals surface area contributed by atoms with E-state index in [1.54, 1.807) is 32.0 Å². The highest BCUT2D eigenvalue weighted by atomic mass is 32.2. The van der Waals surface area contributed by atoms with Crippen molar-refractivity contribution < 1.29 is 35.5 Å². The van der Waals surface area contributed by atoms with Crippen LogP contribution in [0, 0.1) is 12.7 Å². The van der Waals surface area contributed by atoms with Crippen molar-refractivity contribution in [1.82, 2.24) is 15.0 Å². The zero-order valence-electron chi connectivity index (χ0n) is 21.1. The molecule has 1 unspecified atom stereocenters. The fourth-order valence-electron chi connectivity index (χ4n) is 3.80. The Morgan fingerprint density at radius 1 is 1.08 bits per heavy atom. The molecule has 0 saturated heterocycles. The van der Waals surface area contributed by atoms with Gasteiger partial charge in [-0.15, -0.1) is 0 Å². The summed E-state index contributed by atoms with van der Waals surface area (Å²) >= 11 is 0. The lowest BCUT2D eigenvalue weighted by Gasteiger charge is -2.18. The third kappa shape index (κ3) is 7.07. The molecule has 2 N–H and O–H groups in total. The molecule has 3 rings (SSSR count). The van der Waals surface area contributed by atoms with Crippen molar-refractivity contribution in [2.45, 2.75) is 39.0 Å². The van der Waals surface area contributed by atoms with Gasteiger partial charge < -0.3 is 10.1 Å². The highest BCUT2D eigenvalue weighted by molar-refractivity contribution is 7.88. The lowest BCUT2D eigenvalue weighted by Crippen LogP contribution is -2.28. The van der Waals surface area contributed by atoms with Gasteiger partial charge in [-0.25, -0.2) is 22.5 Å². The summed E-state index contributed by atoms with van der Waals surface area (Å²) in [6.07, 6.45) is -3.71. The van der Waals surface area contributed by atoms with E-state index in [0.29, 0.717) is 28.0 Å². The van der Waals surface area contributed by atoms with E-state index in [0.717, 1.165) is 18.4 Å². The van der Waals surface area contributed by atoms with Crippen molar-refractivity contribution in [2.24, 2.45) is 0 Å². The predicted molar refractivity (Wildman–Crippen MR) is 134 cm³/mol. The first-order chi connectivity index (χ1) is 17.7. The monoisotopic (exact) mass is 553 g/mol. The summed E-state index contributed by atoms with van der Waals surface area (Å²) in [6.45, 7) is 2.92. The van der Waals surface area contributed by atoms with Crippen LogP contribution in [0.3, 0.4) is 0 Å². The van der Waals surface area contributed by atoms with Gasteiger partial charge in [0.15, 0.2) is 0 Å². The second-order valence-corrected chi connectivity index (χ2v) is 10.6. The number of hydrogen-bond donors (Lipinski definition) is 2. The van der Waals surface area contributed by atoms with Crippen molar-refractivity contribution >= 4 is 15.9 Å². The number of hydrogen-bond acceptors (Lipinski definition) is 5. The standard InChI is InChI=1S/C26H27F4N3O4S/c1-15-6-5-7-20(24(15)37-3)23-19(10-11-22(33-23)26(28,29)30)13-31-25(34)16(2)17-8-9-18(21(27)12-17)14-32-38(4,35)36/h5-12,16,32H,13-14H2,1-4H3,(H,31,34). The molecule has 0 aliphatic carbocycles. The first-order valence-electron chi connectivity index (χ1n) is 11.4. The zero-order chi connectivity index (χ0) is 28.3. The van der Waals surface area contributed by atoms with Crippen LogP contribution >= 0.6 is 0 Å². The molecule has 0 saturated carbocycles. The average Bonchev–Trinajstić information content (AvgIpc) is 2.84. The Morgan fingerprint density at radius 2 is 1.76 bits per heavy atom. The number of para-hydroxylation sites is 1. The molecule has 1 atom stereocenters. The maximum atomic E-state index is 14.5. The molecule has 204 valence electrons. The van der Waals surface area contributed by atoms with E-state index in [1.165, 1.54) is 25.3 Å². The van der Waals surface area contributed by atoms with Gasteiger partial charge in [-0.2, -0.15) is 13.2 Å². The summed E-state index contributed by atoms with van der Waals surface area (Å²) in [5.74, 6) is -1.62. The smallest absolute Gasteiger partial charge is 0.433 e. The molecule has 3 aromatic rings. The minimum absolute atomic E-state index is 0.0158. The van der Waals surface area contributed by atoms with E-state index >= 15 is 0 Å². The van der Waals surface area contributed by atoms with E-state index in [2.05, 4.69) is 15.0 Å². The van der Waals surface area contributed by atoms with Gasteiger partial charge in [-0.05, 0) is 48.7 Å². The second kappa shape index (κ2) is 11.5. The molecule has 0 aliphatic heterocycles. The molecule has 1 aromatic heterocycles. The number of aromatic nitrogens is 1. The number of pyridine rings is 1. The molecule has 1 amide bonds. The summed E-state index contributed by atoms with van der Waals surface area (Å²) in [5.41, 5.74) is 0.758. The number of ether oxygens (including phenoxy) is 1. The minimum atomic E-state index is -4.67. The van der Waals surface area contributed by atoms with E-state index < -0.39 is 39.5 Å². The van der Waals surface area contributed by atoms with E-state index in [4.69, 9.17) is 4.74 Å². The Morgan fingerprint density at radius 3 is 2.37 bits per heavy atom. The summed E-state index contributed by atoms with van der Waals surface area (Å²) in [5, 5.41) is 2.68. The maximum Gasteiger partial charge on any atom is 0.433 e. The van der Waals surface area contributed by atoms with Crippen LogP contribution in [0.1, 0.15) is 40.8 Å². The molecular weight excluding hydrogens is 526 g/mol. The third-order valence-corrected chi connectivity index (χ3v) is 6.56. The number of alkyl halides is 3. The van der Waals surface area contributed by atoms with E-state index in [9.17, 15) is 30.8 Å². The first-order valence-corrected chi connectivity index (χ1v) is 13.3. The third-order valence-electron chi connectivity index (χ3n) is 5.89. The Kier molecular flexibility index (Phi) is 8.78. The quantitative estimate of drug-likeness (QED) is 0.375. The minimum Gasteiger partial charge on any atom is -0.496 e. The number of nitrogens with zero attached hydrogens (tertiary/aromatic N) is 1. The molecule has 0 fully saturated rings. The van der Waals surface area contributed by atoms with Gasteiger partial charge in [-0.3, -0.25) is 4.79 Å². The fraction of sp³-hybridized carbons (Fsp3) is 0.308. The lowest BCUT2D eigenvalue weighted by atomic mass is 9.98. The molecule has 0 radical (unpaired) electrons. The molecule has 7 nitrogen and oxygen atoms in total. The number of nitrogens with one attached hydrogen (secondary N) is 2. The number of carbonyl (C=O) groups excluding carboxylic acids is 1. The van der Waals surface area contributed by atoms with E-state index in [-0.39, 0.29) is 24.3 Å². The summed E-state index contributed by atoms with van der Waals surface area (Å²) in [6, 6.07) is 11.1. The molecule has 0 aliphatic rings. The van der Waals surface area contributed by atoms with Crippen LogP contribution in [-0.4, -0.2) is 32.7 Å². The van der Waals surface area contributed by atoms with Crippen LogP contribution in [0.4, 0.5) is 17.6 Å². The number of methoxy groups -OCH3 is 1. The van der Waals surface area contributed by atoms with Gasteiger partial charge in [0.1, 0.15) is 17.3 Å². The molecule has 0 spiro atoms. The molecule has 2 aromatic carbocycles. The lowest BCUT2D eigenvalue weighted by molar-refractivity contribution is -0.141. The average molecular weight is 554 g/mol. The predicted octanol–water partition coefficient (Wildman–Crippen LogP) is 4.69. The van der Waals surface area contributed by atoms with Gasteiger partial charge in [0.25, 0.3) is 0 Å². The molecular formula is C26H27F4N3O4S. The van der Waals surface area contributed by atoms with Gasteiger partial charge in [0.05, 0.1) is 25.0 Å². The molecule has 38 heavy (non-hydrogen) atoms. The van der Waals surface area contributed by atoms with Gasteiger partial charge in [-0.1, -0.05) is 30.3 Å². The van der Waals surface area contributed by atoms with Crippen LogP contribution in [0.15, 0.2) is 48.5 Å².